The summed E-state index contributed by atoms with van der Waals surface area (Å²) in [4.78, 5) is 4.66. The molecule has 0 N–H and O–H groups in total. The molecule has 2 aromatic heterocycles. The van der Waals surface area contributed by atoms with Crippen LogP contribution < -0.4 is 0 Å². The molecule has 21 heavy (non-hydrogen) atoms. The molecule has 0 fully saturated rings. The van der Waals surface area contributed by atoms with E-state index in [4.69, 9.17) is 4.42 Å². The van der Waals surface area contributed by atoms with Crippen LogP contribution in [0.5, 0.6) is 0 Å². The van der Waals surface area contributed by atoms with Crippen LogP contribution in [0.15, 0.2) is 34.7 Å². The molecule has 0 saturated carbocycles. The molecule has 3 aromatic rings. The van der Waals surface area contributed by atoms with E-state index in [0.29, 0.717) is 12.4 Å². The third-order valence-electron chi connectivity index (χ3n) is 3.67. The van der Waals surface area contributed by atoms with Gasteiger partial charge in [-0.3, -0.25) is 4.68 Å². The van der Waals surface area contributed by atoms with Crippen molar-refractivity contribution in [2.75, 3.05) is 0 Å². The zero-order valence-corrected chi connectivity index (χ0v) is 12.8. The van der Waals surface area contributed by atoms with E-state index in [9.17, 15) is 0 Å². The molecule has 0 spiro atoms. The molecule has 4 heteroatoms. The first kappa shape index (κ1) is 13.6. The number of rotatable bonds is 3. The lowest BCUT2D eigenvalue weighted by Crippen LogP contribution is -2.05. The Morgan fingerprint density at radius 2 is 1.86 bits per heavy atom. The average Bonchev–Trinajstić information content (AvgIpc) is 2.94. The minimum absolute atomic E-state index is 0.640. The van der Waals surface area contributed by atoms with E-state index in [-0.39, 0.29) is 0 Å². The molecule has 0 aliphatic rings. The van der Waals surface area contributed by atoms with Gasteiger partial charge >= 0.3 is 0 Å². The lowest BCUT2D eigenvalue weighted by molar-refractivity contribution is 0.534. The van der Waals surface area contributed by atoms with Gasteiger partial charge in [0.25, 0.3) is 0 Å². The van der Waals surface area contributed by atoms with Crippen molar-refractivity contribution in [2.24, 2.45) is 0 Å². The lowest BCUT2D eigenvalue weighted by Gasteiger charge is -2.01. The van der Waals surface area contributed by atoms with Crippen molar-refractivity contribution in [2.45, 2.75) is 34.2 Å². The monoisotopic (exact) mass is 281 g/mol. The third-order valence-corrected chi connectivity index (χ3v) is 3.67. The summed E-state index contributed by atoms with van der Waals surface area (Å²) >= 11 is 0. The molecule has 0 amide bonds. The number of aromatic nitrogens is 3. The van der Waals surface area contributed by atoms with Crippen molar-refractivity contribution >= 4 is 0 Å². The second kappa shape index (κ2) is 5.20. The van der Waals surface area contributed by atoms with Crippen LogP contribution in [0.3, 0.4) is 0 Å². The first-order chi connectivity index (χ1) is 10.0. The third kappa shape index (κ3) is 2.61. The molecule has 108 valence electrons. The standard InChI is InChI=1S/C17H19N3O/c1-11-7-5-6-8-15(11)17-18-16(14(4)21-17)10-20-13(3)9-12(2)19-20/h5-9H,10H2,1-4H3. The quantitative estimate of drug-likeness (QED) is 0.733. The Bertz CT molecular complexity index is 783. The number of oxazole rings is 1. The number of hydrogen-bond donors (Lipinski definition) is 0. The molecule has 3 rings (SSSR count). The van der Waals surface area contributed by atoms with Crippen LogP contribution in [-0.4, -0.2) is 14.8 Å². The summed E-state index contributed by atoms with van der Waals surface area (Å²) < 4.78 is 7.81. The minimum Gasteiger partial charge on any atom is -0.441 e. The fourth-order valence-corrected chi connectivity index (χ4v) is 2.48. The van der Waals surface area contributed by atoms with Crippen LogP contribution in [0.25, 0.3) is 11.5 Å². The van der Waals surface area contributed by atoms with Crippen LogP contribution in [0, 0.1) is 27.7 Å². The minimum atomic E-state index is 0.640. The maximum absolute atomic E-state index is 5.85. The van der Waals surface area contributed by atoms with Crippen molar-refractivity contribution < 1.29 is 4.42 Å². The van der Waals surface area contributed by atoms with Crippen LogP contribution in [0.4, 0.5) is 0 Å². The molecule has 0 bridgehead atoms. The Labute approximate surface area is 124 Å². The highest BCUT2D eigenvalue weighted by Crippen LogP contribution is 2.25. The topological polar surface area (TPSA) is 43.9 Å². The first-order valence-electron chi connectivity index (χ1n) is 7.08. The van der Waals surface area contributed by atoms with E-state index in [2.05, 4.69) is 36.1 Å². The predicted molar refractivity (Wildman–Crippen MR) is 82.2 cm³/mol. The number of nitrogens with zero attached hydrogens (tertiary/aromatic N) is 3. The summed E-state index contributed by atoms with van der Waals surface area (Å²) in [6.45, 7) is 8.71. The van der Waals surface area contributed by atoms with Crippen molar-refractivity contribution in [3.63, 3.8) is 0 Å². The maximum Gasteiger partial charge on any atom is 0.226 e. The molecular formula is C17H19N3O. The fourth-order valence-electron chi connectivity index (χ4n) is 2.48. The molecule has 0 aliphatic carbocycles. The number of aryl methyl sites for hydroxylation is 4. The van der Waals surface area contributed by atoms with Gasteiger partial charge in [0.05, 0.1) is 12.2 Å². The van der Waals surface area contributed by atoms with E-state index in [0.717, 1.165) is 34.0 Å². The van der Waals surface area contributed by atoms with Crippen LogP contribution >= 0.6 is 0 Å². The molecule has 2 heterocycles. The normalized spacial score (nSPS) is 11.0. The molecule has 0 radical (unpaired) electrons. The zero-order chi connectivity index (χ0) is 15.0. The van der Waals surface area contributed by atoms with Gasteiger partial charge in [-0.1, -0.05) is 18.2 Å². The molecular weight excluding hydrogens is 262 g/mol. The summed E-state index contributed by atoms with van der Waals surface area (Å²) in [5, 5.41) is 4.48. The highest BCUT2D eigenvalue weighted by Gasteiger charge is 2.14. The van der Waals surface area contributed by atoms with Gasteiger partial charge in [-0.05, 0) is 45.4 Å². The average molecular weight is 281 g/mol. The van der Waals surface area contributed by atoms with Crippen molar-refractivity contribution in [3.05, 3.63) is 58.7 Å². The van der Waals surface area contributed by atoms with Crippen molar-refractivity contribution in [1.82, 2.24) is 14.8 Å². The van der Waals surface area contributed by atoms with Crippen molar-refractivity contribution in [3.8, 4) is 11.5 Å². The molecule has 0 unspecified atom stereocenters. The Morgan fingerprint density at radius 3 is 2.52 bits per heavy atom. The molecule has 0 atom stereocenters. The molecule has 1 aromatic carbocycles. The Hall–Kier alpha value is -2.36. The Balaban J connectivity index is 1.95. The summed E-state index contributed by atoms with van der Waals surface area (Å²) in [6, 6.07) is 10.2. The van der Waals surface area contributed by atoms with Gasteiger partial charge in [-0.2, -0.15) is 5.10 Å². The SMILES string of the molecule is Cc1cc(C)n(Cc2nc(-c3ccccc3C)oc2C)n1. The first-order valence-corrected chi connectivity index (χ1v) is 7.08. The van der Waals surface area contributed by atoms with E-state index in [1.807, 2.05) is 36.7 Å². The van der Waals surface area contributed by atoms with Gasteiger partial charge in [0.2, 0.25) is 5.89 Å². The van der Waals surface area contributed by atoms with E-state index < -0.39 is 0 Å². The Morgan fingerprint density at radius 1 is 1.10 bits per heavy atom. The van der Waals surface area contributed by atoms with Crippen molar-refractivity contribution in [1.29, 1.82) is 0 Å². The van der Waals surface area contributed by atoms with Gasteiger partial charge in [0.15, 0.2) is 0 Å². The molecule has 0 aliphatic heterocycles. The zero-order valence-electron chi connectivity index (χ0n) is 12.8. The van der Waals surface area contributed by atoms with E-state index in [1.54, 1.807) is 0 Å². The molecule has 4 nitrogen and oxygen atoms in total. The van der Waals surface area contributed by atoms with Gasteiger partial charge < -0.3 is 4.42 Å². The van der Waals surface area contributed by atoms with Gasteiger partial charge in [0.1, 0.15) is 11.5 Å². The second-order valence-corrected chi connectivity index (χ2v) is 5.42. The smallest absolute Gasteiger partial charge is 0.226 e. The fraction of sp³-hybridized carbons (Fsp3) is 0.294. The highest BCUT2D eigenvalue weighted by atomic mass is 16.4. The lowest BCUT2D eigenvalue weighted by atomic mass is 10.1. The predicted octanol–water partition coefficient (Wildman–Crippen LogP) is 3.82. The van der Waals surface area contributed by atoms with Crippen LogP contribution in [0.1, 0.15) is 28.4 Å². The summed E-state index contributed by atoms with van der Waals surface area (Å²) in [7, 11) is 0. The summed E-state index contributed by atoms with van der Waals surface area (Å²) in [5.41, 5.74) is 5.29. The van der Waals surface area contributed by atoms with Gasteiger partial charge in [-0.15, -0.1) is 0 Å². The Kier molecular flexibility index (Phi) is 3.37. The second-order valence-electron chi connectivity index (χ2n) is 5.42. The largest absolute Gasteiger partial charge is 0.441 e. The van der Waals surface area contributed by atoms with Crippen LogP contribution in [0.2, 0.25) is 0 Å². The maximum atomic E-state index is 5.85. The van der Waals surface area contributed by atoms with E-state index >= 15 is 0 Å². The van der Waals surface area contributed by atoms with Gasteiger partial charge in [-0.25, -0.2) is 4.98 Å². The molecule has 0 saturated heterocycles. The number of hydrogen-bond acceptors (Lipinski definition) is 3. The number of benzene rings is 1. The highest BCUT2D eigenvalue weighted by molar-refractivity contribution is 5.58. The summed E-state index contributed by atoms with van der Waals surface area (Å²) in [6.07, 6.45) is 0. The van der Waals surface area contributed by atoms with Crippen LogP contribution in [-0.2, 0) is 6.54 Å². The summed E-state index contributed by atoms with van der Waals surface area (Å²) in [5.74, 6) is 1.53. The van der Waals surface area contributed by atoms with E-state index in [1.165, 1.54) is 0 Å². The van der Waals surface area contributed by atoms with Gasteiger partial charge in [0, 0.05) is 11.3 Å².